The van der Waals surface area contributed by atoms with Crippen LogP contribution in [0.1, 0.15) is 51.9 Å². The molecule has 0 aliphatic heterocycles. The minimum atomic E-state index is -0.756. The molecular weight excluding hydrogens is 152 g/mol. The van der Waals surface area contributed by atoms with E-state index in [1.165, 1.54) is 0 Å². The van der Waals surface area contributed by atoms with Crippen LogP contribution in [0.5, 0.6) is 0 Å². The highest BCUT2D eigenvalue weighted by Crippen LogP contribution is 2.32. The topological polar surface area (TPSA) is 40.5 Å². The largest absolute Gasteiger partial charge is 0.390 e. The summed E-state index contributed by atoms with van der Waals surface area (Å²) < 4.78 is 0. The third kappa shape index (κ3) is 2.20. The minimum absolute atomic E-state index is 0.474. The number of hydrogen-bond acceptors (Lipinski definition) is 2. The molecule has 72 valence electrons. The molecule has 0 bridgehead atoms. The Labute approximate surface area is 74.6 Å². The van der Waals surface area contributed by atoms with Crippen LogP contribution in [0.4, 0.5) is 0 Å². The van der Waals surface area contributed by atoms with E-state index in [4.69, 9.17) is 0 Å². The van der Waals surface area contributed by atoms with Gasteiger partial charge in [-0.1, -0.05) is 32.6 Å². The second-order valence-electron chi connectivity index (χ2n) is 3.97. The first-order valence-electron chi connectivity index (χ1n) is 5.09. The van der Waals surface area contributed by atoms with Crippen LogP contribution in [0.2, 0.25) is 0 Å². The zero-order valence-corrected chi connectivity index (χ0v) is 7.92. The summed E-state index contributed by atoms with van der Waals surface area (Å²) in [7, 11) is 0. The van der Waals surface area contributed by atoms with Crippen LogP contribution in [0, 0.1) is 0 Å². The molecule has 0 saturated heterocycles. The molecule has 1 fully saturated rings. The van der Waals surface area contributed by atoms with Crippen molar-refractivity contribution in [1.29, 1.82) is 0 Å². The van der Waals surface area contributed by atoms with E-state index in [0.717, 1.165) is 44.9 Å². The van der Waals surface area contributed by atoms with E-state index < -0.39 is 11.7 Å². The van der Waals surface area contributed by atoms with Gasteiger partial charge >= 0.3 is 0 Å². The molecule has 1 rings (SSSR count). The van der Waals surface area contributed by atoms with E-state index in [1.807, 2.05) is 0 Å². The highest BCUT2D eigenvalue weighted by molar-refractivity contribution is 4.89. The molecule has 1 saturated carbocycles. The Morgan fingerprint density at radius 3 is 2.75 bits per heavy atom. The molecule has 2 heteroatoms. The molecule has 2 atom stereocenters. The second-order valence-corrected chi connectivity index (χ2v) is 3.97. The molecule has 2 N–H and O–H groups in total. The van der Waals surface area contributed by atoms with Gasteiger partial charge in [0.15, 0.2) is 0 Å². The standard InChI is InChI=1S/C10H20O2/c1-2-3-7-10(12)8-5-4-6-9(10)11/h9,11-12H,2-8H2,1H3/t9-,10+/m0/s1. The summed E-state index contributed by atoms with van der Waals surface area (Å²) in [5.74, 6) is 0. The van der Waals surface area contributed by atoms with E-state index in [9.17, 15) is 10.2 Å². The number of aliphatic hydroxyl groups excluding tert-OH is 1. The molecule has 1 aliphatic rings. The third-order valence-corrected chi connectivity index (χ3v) is 2.92. The maximum atomic E-state index is 10.0. The molecule has 1 aliphatic carbocycles. The van der Waals surface area contributed by atoms with Gasteiger partial charge in [-0.15, -0.1) is 0 Å². The molecule has 0 spiro atoms. The van der Waals surface area contributed by atoms with Gasteiger partial charge in [-0.25, -0.2) is 0 Å². The van der Waals surface area contributed by atoms with E-state index in [0.29, 0.717) is 0 Å². The lowest BCUT2D eigenvalue weighted by molar-refractivity contribution is -0.105. The molecule has 12 heavy (non-hydrogen) atoms. The second kappa shape index (κ2) is 4.24. The number of rotatable bonds is 3. The summed E-state index contributed by atoms with van der Waals surface area (Å²) in [5.41, 5.74) is -0.756. The normalized spacial score (nSPS) is 36.8. The molecule has 0 amide bonds. The molecule has 0 heterocycles. The number of aliphatic hydroxyl groups is 2. The van der Waals surface area contributed by atoms with Crippen LogP contribution in [0.3, 0.4) is 0 Å². The van der Waals surface area contributed by atoms with Crippen molar-refractivity contribution in [2.45, 2.75) is 63.6 Å². The summed E-state index contributed by atoms with van der Waals surface area (Å²) in [6, 6.07) is 0. The maximum absolute atomic E-state index is 10.0. The SMILES string of the molecule is CCCC[C@@]1(O)CCCC[C@@H]1O. The van der Waals surface area contributed by atoms with E-state index in [1.54, 1.807) is 0 Å². The Balaban J connectivity index is 2.42. The Bertz CT molecular complexity index is 136. The van der Waals surface area contributed by atoms with Crippen molar-refractivity contribution in [2.75, 3.05) is 0 Å². The van der Waals surface area contributed by atoms with E-state index in [2.05, 4.69) is 6.92 Å². The fourth-order valence-corrected chi connectivity index (χ4v) is 1.98. The number of hydrogen-bond donors (Lipinski definition) is 2. The molecule has 0 unspecified atom stereocenters. The van der Waals surface area contributed by atoms with Crippen LogP contribution < -0.4 is 0 Å². The lowest BCUT2D eigenvalue weighted by Gasteiger charge is -2.36. The van der Waals surface area contributed by atoms with Gasteiger partial charge in [0.25, 0.3) is 0 Å². The molecule has 2 nitrogen and oxygen atoms in total. The van der Waals surface area contributed by atoms with Crippen LogP contribution in [-0.4, -0.2) is 21.9 Å². The quantitative estimate of drug-likeness (QED) is 0.682. The molecular formula is C10H20O2. The maximum Gasteiger partial charge on any atom is 0.0905 e. The Hall–Kier alpha value is -0.0800. The zero-order valence-electron chi connectivity index (χ0n) is 7.92. The molecule has 0 aromatic rings. The summed E-state index contributed by atoms with van der Waals surface area (Å²) in [6.45, 7) is 2.11. The van der Waals surface area contributed by atoms with Gasteiger partial charge in [0.2, 0.25) is 0 Å². The van der Waals surface area contributed by atoms with Gasteiger partial charge in [0.05, 0.1) is 11.7 Å². The lowest BCUT2D eigenvalue weighted by atomic mass is 9.79. The van der Waals surface area contributed by atoms with Crippen molar-refractivity contribution < 1.29 is 10.2 Å². The molecule has 0 aromatic carbocycles. The Morgan fingerprint density at radius 1 is 1.42 bits per heavy atom. The highest BCUT2D eigenvalue weighted by atomic mass is 16.3. The van der Waals surface area contributed by atoms with Gasteiger partial charge in [-0.3, -0.25) is 0 Å². The molecule has 0 radical (unpaired) electrons. The fraction of sp³-hybridized carbons (Fsp3) is 1.00. The van der Waals surface area contributed by atoms with Crippen LogP contribution in [0.25, 0.3) is 0 Å². The Kier molecular flexibility index (Phi) is 3.53. The van der Waals surface area contributed by atoms with Gasteiger partial charge in [0.1, 0.15) is 0 Å². The predicted octanol–water partition coefficient (Wildman–Crippen LogP) is 1.84. The summed E-state index contributed by atoms with van der Waals surface area (Å²) >= 11 is 0. The first-order valence-corrected chi connectivity index (χ1v) is 5.09. The van der Waals surface area contributed by atoms with Crippen molar-refractivity contribution in [3.63, 3.8) is 0 Å². The van der Waals surface area contributed by atoms with Crippen molar-refractivity contribution >= 4 is 0 Å². The van der Waals surface area contributed by atoms with Gasteiger partial charge in [0, 0.05) is 0 Å². The average Bonchev–Trinajstić information content (AvgIpc) is 2.07. The van der Waals surface area contributed by atoms with Gasteiger partial charge < -0.3 is 10.2 Å². The fourth-order valence-electron chi connectivity index (χ4n) is 1.98. The first-order chi connectivity index (χ1) is 5.69. The summed E-state index contributed by atoms with van der Waals surface area (Å²) in [6.07, 6.45) is 6.10. The van der Waals surface area contributed by atoms with E-state index in [-0.39, 0.29) is 0 Å². The smallest absolute Gasteiger partial charge is 0.0905 e. The zero-order chi connectivity index (χ0) is 9.03. The van der Waals surface area contributed by atoms with Gasteiger partial charge in [-0.2, -0.15) is 0 Å². The number of unbranched alkanes of at least 4 members (excludes halogenated alkanes) is 1. The van der Waals surface area contributed by atoms with Crippen molar-refractivity contribution in [2.24, 2.45) is 0 Å². The van der Waals surface area contributed by atoms with Crippen molar-refractivity contribution in [3.05, 3.63) is 0 Å². The summed E-state index contributed by atoms with van der Waals surface area (Å²) in [4.78, 5) is 0. The minimum Gasteiger partial charge on any atom is -0.390 e. The highest BCUT2D eigenvalue weighted by Gasteiger charge is 2.36. The average molecular weight is 172 g/mol. The lowest BCUT2D eigenvalue weighted by Crippen LogP contribution is -2.44. The van der Waals surface area contributed by atoms with Crippen LogP contribution in [-0.2, 0) is 0 Å². The van der Waals surface area contributed by atoms with Crippen LogP contribution in [0.15, 0.2) is 0 Å². The van der Waals surface area contributed by atoms with Crippen molar-refractivity contribution in [1.82, 2.24) is 0 Å². The molecule has 0 aromatic heterocycles. The predicted molar refractivity (Wildman–Crippen MR) is 48.9 cm³/mol. The summed E-state index contributed by atoms with van der Waals surface area (Å²) in [5, 5.41) is 19.6. The van der Waals surface area contributed by atoms with Crippen LogP contribution >= 0.6 is 0 Å². The Morgan fingerprint density at radius 2 is 2.17 bits per heavy atom. The first kappa shape index (κ1) is 10.0. The van der Waals surface area contributed by atoms with E-state index >= 15 is 0 Å². The van der Waals surface area contributed by atoms with Gasteiger partial charge in [-0.05, 0) is 19.3 Å². The van der Waals surface area contributed by atoms with Crippen molar-refractivity contribution in [3.8, 4) is 0 Å². The third-order valence-electron chi connectivity index (χ3n) is 2.92. The monoisotopic (exact) mass is 172 g/mol.